The molecule has 0 spiro atoms. The van der Waals surface area contributed by atoms with Gasteiger partial charge < -0.3 is 10.6 Å². The summed E-state index contributed by atoms with van der Waals surface area (Å²) >= 11 is 0. The minimum atomic E-state index is -3.64. The van der Waals surface area contributed by atoms with Crippen LogP contribution in [0.3, 0.4) is 0 Å². The van der Waals surface area contributed by atoms with Gasteiger partial charge in [0.25, 0.3) is 10.0 Å². The summed E-state index contributed by atoms with van der Waals surface area (Å²) in [4.78, 5) is 0.285. The van der Waals surface area contributed by atoms with Gasteiger partial charge in [-0.05, 0) is 80.3 Å². The van der Waals surface area contributed by atoms with E-state index in [2.05, 4.69) is 22.3 Å². The zero-order valence-corrected chi connectivity index (χ0v) is 16.6. The van der Waals surface area contributed by atoms with E-state index in [1.165, 1.54) is 0 Å². The lowest BCUT2D eigenvalue weighted by molar-refractivity contribution is 0.376. The molecule has 26 heavy (non-hydrogen) atoms. The number of benzene rings is 2. The molecule has 5 nitrogen and oxygen atoms in total. The molecular weight excluding hydrogens is 346 g/mol. The average Bonchev–Trinajstić information content (AvgIpc) is 2.62. The molecule has 2 aromatic rings. The SMILES string of the molecule is CC[C@H]1CNc2ccc(S(=O)(=O)Nc3ccc(C)c(C)c3)cc2[C@H]1NC. The summed E-state index contributed by atoms with van der Waals surface area (Å²) < 4.78 is 28.5. The highest BCUT2D eigenvalue weighted by atomic mass is 32.2. The Hall–Kier alpha value is -2.05. The van der Waals surface area contributed by atoms with Gasteiger partial charge in [-0.1, -0.05) is 13.0 Å². The minimum absolute atomic E-state index is 0.146. The van der Waals surface area contributed by atoms with Crippen LogP contribution in [-0.2, 0) is 10.0 Å². The number of sulfonamides is 1. The van der Waals surface area contributed by atoms with Crippen LogP contribution < -0.4 is 15.4 Å². The third-order valence-corrected chi connectivity index (χ3v) is 6.67. The molecule has 2 aromatic carbocycles. The Kier molecular flexibility index (Phi) is 5.25. The van der Waals surface area contributed by atoms with Crippen LogP contribution in [0.5, 0.6) is 0 Å². The van der Waals surface area contributed by atoms with Gasteiger partial charge in [-0.15, -0.1) is 0 Å². The summed E-state index contributed by atoms with van der Waals surface area (Å²) in [6.07, 6.45) is 1.02. The number of hydrogen-bond acceptors (Lipinski definition) is 4. The van der Waals surface area contributed by atoms with E-state index in [-0.39, 0.29) is 10.9 Å². The smallest absolute Gasteiger partial charge is 0.261 e. The van der Waals surface area contributed by atoms with Gasteiger partial charge in [0.15, 0.2) is 0 Å². The zero-order chi connectivity index (χ0) is 18.9. The quantitative estimate of drug-likeness (QED) is 0.745. The van der Waals surface area contributed by atoms with Crippen LogP contribution in [0.4, 0.5) is 11.4 Å². The molecule has 0 unspecified atom stereocenters. The Morgan fingerprint density at radius 1 is 1.12 bits per heavy atom. The average molecular weight is 374 g/mol. The van der Waals surface area contributed by atoms with E-state index in [4.69, 9.17) is 0 Å². The van der Waals surface area contributed by atoms with Crippen molar-refractivity contribution in [2.24, 2.45) is 5.92 Å². The summed E-state index contributed by atoms with van der Waals surface area (Å²) in [5, 5.41) is 6.76. The van der Waals surface area contributed by atoms with Crippen LogP contribution in [0.1, 0.15) is 36.1 Å². The fourth-order valence-corrected chi connectivity index (χ4v) is 4.61. The highest BCUT2D eigenvalue weighted by Gasteiger charge is 2.28. The lowest BCUT2D eigenvalue weighted by Crippen LogP contribution is -2.34. The topological polar surface area (TPSA) is 70.2 Å². The molecule has 0 saturated heterocycles. The van der Waals surface area contributed by atoms with Gasteiger partial charge >= 0.3 is 0 Å². The summed E-state index contributed by atoms with van der Waals surface area (Å²) in [6, 6.07) is 11.0. The van der Waals surface area contributed by atoms with E-state index in [0.29, 0.717) is 11.6 Å². The predicted octanol–water partition coefficient (Wildman–Crippen LogP) is 3.82. The van der Waals surface area contributed by atoms with Crippen molar-refractivity contribution in [2.75, 3.05) is 23.6 Å². The fourth-order valence-electron chi connectivity index (χ4n) is 3.53. The second kappa shape index (κ2) is 7.29. The fraction of sp³-hybridized carbons (Fsp3) is 0.400. The number of rotatable bonds is 5. The molecule has 1 aliphatic heterocycles. The Morgan fingerprint density at radius 3 is 2.54 bits per heavy atom. The molecule has 0 saturated carbocycles. The molecule has 1 aliphatic rings. The van der Waals surface area contributed by atoms with Gasteiger partial charge in [0, 0.05) is 24.0 Å². The third-order valence-electron chi connectivity index (χ3n) is 5.29. The molecule has 3 rings (SSSR count). The Labute approximate surface area is 156 Å². The number of nitrogens with one attached hydrogen (secondary N) is 3. The van der Waals surface area contributed by atoms with Crippen LogP contribution in [0.25, 0.3) is 0 Å². The van der Waals surface area contributed by atoms with Crippen molar-refractivity contribution >= 4 is 21.4 Å². The number of fused-ring (bicyclic) bond motifs is 1. The first-order valence-electron chi connectivity index (χ1n) is 9.01. The van der Waals surface area contributed by atoms with Crippen LogP contribution in [0.15, 0.2) is 41.3 Å². The van der Waals surface area contributed by atoms with Crippen molar-refractivity contribution in [3.63, 3.8) is 0 Å². The molecule has 140 valence electrons. The largest absolute Gasteiger partial charge is 0.384 e. The molecule has 0 aromatic heterocycles. The maximum absolute atomic E-state index is 12.9. The number of aryl methyl sites for hydroxylation is 2. The van der Waals surface area contributed by atoms with E-state index >= 15 is 0 Å². The molecule has 2 atom stereocenters. The zero-order valence-electron chi connectivity index (χ0n) is 15.8. The summed E-state index contributed by atoms with van der Waals surface area (Å²) in [5.74, 6) is 0.429. The third kappa shape index (κ3) is 3.57. The van der Waals surface area contributed by atoms with Gasteiger partial charge in [-0.3, -0.25) is 4.72 Å². The van der Waals surface area contributed by atoms with Gasteiger partial charge in [0.1, 0.15) is 0 Å². The van der Waals surface area contributed by atoms with E-state index in [9.17, 15) is 8.42 Å². The highest BCUT2D eigenvalue weighted by molar-refractivity contribution is 7.92. The van der Waals surface area contributed by atoms with Gasteiger partial charge in [-0.2, -0.15) is 0 Å². The van der Waals surface area contributed by atoms with E-state index in [1.54, 1.807) is 18.2 Å². The van der Waals surface area contributed by atoms with Crippen LogP contribution in [-0.4, -0.2) is 22.0 Å². The number of hydrogen-bond donors (Lipinski definition) is 3. The highest BCUT2D eigenvalue weighted by Crippen LogP contribution is 2.36. The Morgan fingerprint density at radius 2 is 1.88 bits per heavy atom. The first-order chi connectivity index (χ1) is 12.4. The summed E-state index contributed by atoms with van der Waals surface area (Å²) in [6.45, 7) is 7.03. The van der Waals surface area contributed by atoms with E-state index in [0.717, 1.165) is 35.3 Å². The molecule has 0 bridgehead atoms. The van der Waals surface area contributed by atoms with Gasteiger partial charge in [-0.25, -0.2) is 8.42 Å². The lowest BCUT2D eigenvalue weighted by Gasteiger charge is -2.34. The van der Waals surface area contributed by atoms with Crippen molar-refractivity contribution in [2.45, 2.75) is 38.1 Å². The first-order valence-corrected chi connectivity index (χ1v) is 10.5. The molecule has 0 fully saturated rings. The number of anilines is 2. The molecule has 0 radical (unpaired) electrons. The monoisotopic (exact) mass is 373 g/mol. The van der Waals surface area contributed by atoms with Gasteiger partial charge in [0.05, 0.1) is 4.90 Å². The van der Waals surface area contributed by atoms with Crippen LogP contribution in [0, 0.1) is 19.8 Å². The predicted molar refractivity (Wildman–Crippen MR) is 107 cm³/mol. The molecular formula is C20H27N3O2S. The lowest BCUT2D eigenvalue weighted by atomic mass is 9.87. The normalized spacial score (nSPS) is 19.5. The Bertz CT molecular complexity index is 909. The van der Waals surface area contributed by atoms with Crippen molar-refractivity contribution in [3.8, 4) is 0 Å². The Balaban J connectivity index is 1.94. The van der Waals surface area contributed by atoms with Gasteiger partial charge in [0.2, 0.25) is 0 Å². The molecule has 0 aliphatic carbocycles. The van der Waals surface area contributed by atoms with Crippen molar-refractivity contribution in [3.05, 3.63) is 53.1 Å². The first kappa shape index (κ1) is 18.7. The van der Waals surface area contributed by atoms with E-state index < -0.39 is 10.0 Å². The maximum Gasteiger partial charge on any atom is 0.261 e. The maximum atomic E-state index is 12.9. The van der Waals surface area contributed by atoms with Crippen molar-refractivity contribution in [1.82, 2.24) is 5.32 Å². The molecule has 0 amide bonds. The minimum Gasteiger partial charge on any atom is -0.384 e. The van der Waals surface area contributed by atoms with Crippen molar-refractivity contribution in [1.29, 1.82) is 0 Å². The van der Waals surface area contributed by atoms with E-state index in [1.807, 2.05) is 39.1 Å². The van der Waals surface area contributed by atoms with Crippen LogP contribution in [0.2, 0.25) is 0 Å². The second-order valence-electron chi connectivity index (χ2n) is 6.97. The second-order valence-corrected chi connectivity index (χ2v) is 8.65. The van der Waals surface area contributed by atoms with Crippen LogP contribution >= 0.6 is 0 Å². The standard InChI is InChI=1S/C20H27N3O2S/c1-5-15-12-22-19-9-8-17(11-18(19)20(15)21-4)26(24,25)23-16-7-6-13(2)14(3)10-16/h6-11,15,20-23H,5,12H2,1-4H3/t15-,20-/m0/s1. The molecule has 1 heterocycles. The molecule has 6 heteroatoms. The van der Waals surface area contributed by atoms with Crippen molar-refractivity contribution < 1.29 is 8.42 Å². The summed E-state index contributed by atoms with van der Waals surface area (Å²) in [7, 11) is -1.71. The molecule has 3 N–H and O–H groups in total. The summed E-state index contributed by atoms with van der Waals surface area (Å²) in [5.41, 5.74) is 4.78.